The van der Waals surface area contributed by atoms with Crippen molar-refractivity contribution >= 4 is 28.1 Å². The van der Waals surface area contributed by atoms with Gasteiger partial charge in [0.05, 0.1) is 17.2 Å². The molecule has 4 nitrogen and oxygen atoms in total. The second kappa shape index (κ2) is 3.79. The maximum absolute atomic E-state index is 12.6. The summed E-state index contributed by atoms with van der Waals surface area (Å²) in [5, 5.41) is 1.28. The van der Waals surface area contributed by atoms with Crippen molar-refractivity contribution in [2.75, 3.05) is 0 Å². The minimum Gasteiger partial charge on any atom is -0.483 e. The van der Waals surface area contributed by atoms with Crippen LogP contribution in [0.3, 0.4) is 0 Å². The molecule has 3 aromatic rings. The van der Waals surface area contributed by atoms with Gasteiger partial charge >= 0.3 is 0 Å². The summed E-state index contributed by atoms with van der Waals surface area (Å²) in [6.07, 6.45) is 5.58. The zero-order valence-electron chi connectivity index (χ0n) is 12.1. The van der Waals surface area contributed by atoms with Crippen molar-refractivity contribution in [3.05, 3.63) is 46.3 Å². The smallest absolute Gasteiger partial charge is 0.210 e. The van der Waals surface area contributed by atoms with E-state index in [4.69, 9.17) is 9.15 Å². The molecule has 0 amide bonds. The second-order valence-corrected chi connectivity index (χ2v) is 5.94. The zero-order chi connectivity index (χ0) is 14.8. The van der Waals surface area contributed by atoms with Crippen LogP contribution in [0, 0.1) is 0 Å². The molecule has 4 heteroatoms. The Morgan fingerprint density at radius 3 is 2.76 bits per heavy atom. The van der Waals surface area contributed by atoms with Gasteiger partial charge in [-0.3, -0.25) is 4.79 Å². The molecule has 0 spiro atoms. The number of nitrogens with zero attached hydrogens (tertiary/aromatic N) is 1. The van der Waals surface area contributed by atoms with E-state index >= 15 is 0 Å². The number of rotatable bonds is 0. The highest BCUT2D eigenvalue weighted by molar-refractivity contribution is 5.97. The third kappa shape index (κ3) is 1.59. The number of furan rings is 1. The minimum atomic E-state index is -0.339. The van der Waals surface area contributed by atoms with E-state index in [1.807, 2.05) is 49.7 Å². The number of fused-ring (bicyclic) bond motifs is 4. The molecule has 21 heavy (non-hydrogen) atoms. The van der Waals surface area contributed by atoms with E-state index in [2.05, 4.69) is 0 Å². The molecule has 0 bridgehead atoms. The Morgan fingerprint density at radius 2 is 1.95 bits per heavy atom. The van der Waals surface area contributed by atoms with Gasteiger partial charge < -0.3 is 13.7 Å². The van der Waals surface area contributed by atoms with E-state index in [1.165, 1.54) is 0 Å². The van der Waals surface area contributed by atoms with Crippen LogP contribution in [-0.2, 0) is 7.05 Å². The van der Waals surface area contributed by atoms with Crippen molar-refractivity contribution in [2.24, 2.45) is 7.05 Å². The predicted molar refractivity (Wildman–Crippen MR) is 82.7 cm³/mol. The maximum atomic E-state index is 12.6. The van der Waals surface area contributed by atoms with Gasteiger partial charge in [-0.2, -0.15) is 0 Å². The van der Waals surface area contributed by atoms with Crippen molar-refractivity contribution in [3.8, 4) is 5.75 Å². The summed E-state index contributed by atoms with van der Waals surface area (Å²) in [6, 6.07) is 5.42. The van der Waals surface area contributed by atoms with Crippen molar-refractivity contribution in [1.29, 1.82) is 0 Å². The molecule has 0 radical (unpaired) electrons. The largest absolute Gasteiger partial charge is 0.483 e. The van der Waals surface area contributed by atoms with Crippen LogP contribution in [0.5, 0.6) is 5.75 Å². The van der Waals surface area contributed by atoms with Crippen LogP contribution in [0.1, 0.15) is 19.4 Å². The minimum absolute atomic E-state index is 0.00659. The molecule has 106 valence electrons. The molecule has 0 atom stereocenters. The third-order valence-electron chi connectivity index (χ3n) is 3.98. The molecule has 4 rings (SSSR count). The van der Waals surface area contributed by atoms with E-state index < -0.39 is 0 Å². The number of hydrogen-bond acceptors (Lipinski definition) is 3. The van der Waals surface area contributed by atoms with Crippen LogP contribution in [0.25, 0.3) is 28.1 Å². The molecule has 1 aliphatic heterocycles. The third-order valence-corrected chi connectivity index (χ3v) is 3.98. The molecule has 2 aromatic heterocycles. The Kier molecular flexibility index (Phi) is 2.21. The number of pyridine rings is 1. The summed E-state index contributed by atoms with van der Waals surface area (Å²) in [6.45, 7) is 4.01. The number of aromatic nitrogens is 1. The first-order chi connectivity index (χ1) is 9.98. The molecule has 0 saturated heterocycles. The SMILES string of the molecule is Cn1c2occc2c(=O)c2ccc3c(c21)C=CC(C)(C)O3. The Balaban J connectivity index is 2.21. The number of hydrogen-bond donors (Lipinski definition) is 0. The van der Waals surface area contributed by atoms with Crippen LogP contribution < -0.4 is 10.2 Å². The lowest BCUT2D eigenvalue weighted by molar-refractivity contribution is 0.159. The molecular weight excluding hydrogens is 266 g/mol. The van der Waals surface area contributed by atoms with Gasteiger partial charge in [0.15, 0.2) is 0 Å². The Hall–Kier alpha value is -2.49. The molecule has 1 aliphatic rings. The van der Waals surface area contributed by atoms with Crippen LogP contribution in [0.2, 0.25) is 0 Å². The van der Waals surface area contributed by atoms with Crippen LogP contribution in [0.4, 0.5) is 0 Å². The quantitative estimate of drug-likeness (QED) is 0.633. The predicted octanol–water partition coefficient (Wildman–Crippen LogP) is 3.47. The highest BCUT2D eigenvalue weighted by Crippen LogP contribution is 2.35. The van der Waals surface area contributed by atoms with E-state index in [9.17, 15) is 4.79 Å². The highest BCUT2D eigenvalue weighted by atomic mass is 16.5. The zero-order valence-corrected chi connectivity index (χ0v) is 12.1. The van der Waals surface area contributed by atoms with Gasteiger partial charge in [-0.05, 0) is 44.2 Å². The highest BCUT2D eigenvalue weighted by Gasteiger charge is 2.24. The van der Waals surface area contributed by atoms with Crippen LogP contribution >= 0.6 is 0 Å². The molecule has 0 fully saturated rings. The van der Waals surface area contributed by atoms with Crippen molar-refractivity contribution in [3.63, 3.8) is 0 Å². The van der Waals surface area contributed by atoms with Crippen molar-refractivity contribution < 1.29 is 9.15 Å². The van der Waals surface area contributed by atoms with Gasteiger partial charge in [-0.1, -0.05) is 0 Å². The van der Waals surface area contributed by atoms with Gasteiger partial charge in [-0.15, -0.1) is 0 Å². The Labute approximate surface area is 121 Å². The number of ether oxygens (including phenoxy) is 1. The molecule has 0 saturated carbocycles. The van der Waals surface area contributed by atoms with Crippen molar-refractivity contribution in [2.45, 2.75) is 19.4 Å². The summed E-state index contributed by atoms with van der Waals surface area (Å²) in [4.78, 5) is 12.6. The molecule has 1 aromatic carbocycles. The van der Waals surface area contributed by atoms with Gasteiger partial charge in [0, 0.05) is 18.0 Å². The van der Waals surface area contributed by atoms with E-state index in [1.54, 1.807) is 12.3 Å². The number of aryl methyl sites for hydroxylation is 1. The molecule has 0 aliphatic carbocycles. The summed E-state index contributed by atoms with van der Waals surface area (Å²) < 4.78 is 13.4. The van der Waals surface area contributed by atoms with Crippen LogP contribution in [-0.4, -0.2) is 10.2 Å². The van der Waals surface area contributed by atoms with Gasteiger partial charge in [0.2, 0.25) is 11.1 Å². The summed E-state index contributed by atoms with van der Waals surface area (Å²) in [5.74, 6) is 0.788. The Morgan fingerprint density at radius 1 is 1.14 bits per heavy atom. The van der Waals surface area contributed by atoms with Crippen molar-refractivity contribution in [1.82, 2.24) is 4.57 Å². The maximum Gasteiger partial charge on any atom is 0.210 e. The summed E-state index contributed by atoms with van der Waals surface area (Å²) in [7, 11) is 1.90. The van der Waals surface area contributed by atoms with E-state index in [0.717, 1.165) is 16.8 Å². The first kappa shape index (κ1) is 12.3. The molecule has 0 N–H and O–H groups in total. The summed E-state index contributed by atoms with van der Waals surface area (Å²) >= 11 is 0. The lowest BCUT2D eigenvalue weighted by Gasteiger charge is -2.28. The fourth-order valence-corrected chi connectivity index (χ4v) is 2.97. The van der Waals surface area contributed by atoms with Gasteiger partial charge in [-0.25, -0.2) is 0 Å². The van der Waals surface area contributed by atoms with Gasteiger partial charge in [0.1, 0.15) is 11.4 Å². The molecule has 3 heterocycles. The standard InChI is InChI=1S/C17H15NO3/c1-17(2)8-6-10-13(21-17)5-4-11-14(10)18(3)16-12(15(11)19)7-9-20-16/h4-9H,1-3H3. The second-order valence-electron chi connectivity index (χ2n) is 5.94. The Bertz CT molecular complexity index is 973. The molecule has 0 unspecified atom stereocenters. The van der Waals surface area contributed by atoms with E-state index in [-0.39, 0.29) is 11.0 Å². The fraction of sp³-hybridized carbons (Fsp3) is 0.235. The monoisotopic (exact) mass is 281 g/mol. The molecular formula is C17H15NO3. The first-order valence-corrected chi connectivity index (χ1v) is 6.89. The van der Waals surface area contributed by atoms with Gasteiger partial charge in [0.25, 0.3) is 0 Å². The summed E-state index contributed by atoms with van der Waals surface area (Å²) in [5.41, 5.74) is 2.00. The van der Waals surface area contributed by atoms with Crippen LogP contribution in [0.15, 0.2) is 39.7 Å². The first-order valence-electron chi connectivity index (χ1n) is 6.89. The van der Waals surface area contributed by atoms with E-state index in [0.29, 0.717) is 16.5 Å². The average Bonchev–Trinajstić information content (AvgIpc) is 2.92. The lowest BCUT2D eigenvalue weighted by Crippen LogP contribution is -2.27. The lowest BCUT2D eigenvalue weighted by atomic mass is 9.99. The fourth-order valence-electron chi connectivity index (χ4n) is 2.97. The normalized spacial score (nSPS) is 16.1. The number of benzene rings is 1. The topological polar surface area (TPSA) is 44.4 Å². The average molecular weight is 281 g/mol.